The predicted octanol–water partition coefficient (Wildman–Crippen LogP) is -4.11. The van der Waals surface area contributed by atoms with Crippen molar-refractivity contribution in [2.45, 2.75) is 64.3 Å². The number of nitrogens with two attached hydrogens (primary N) is 1. The van der Waals surface area contributed by atoms with Crippen LogP contribution in [-0.4, -0.2) is 134 Å². The fourth-order valence-electron chi connectivity index (χ4n) is 4.82. The molecule has 0 radical (unpaired) electrons. The zero-order chi connectivity index (χ0) is 42.2. The van der Waals surface area contributed by atoms with E-state index in [1.165, 1.54) is 13.8 Å². The summed E-state index contributed by atoms with van der Waals surface area (Å²) in [6.45, 7) is 1.68. The standard InChI is InChI=1S/C26H42N7O19P3S.Na.H/c1-4-13(24(38)39)25(40)56-8-7-28-15(34)5-6-29-22(37)19(36)26(2,3)10-49-55(46,47)52-54(44,45)48-9-14-18(51-53(41,42)43)17(35)23(50-14)33-12-32-16-20(27)30-11-31-21(16)33;;/h11-14,17-19,23,35-36H,4-10H2,1-3H3,(H,28,34)(H,29,37)(H,38,39)(H,44,45)(H,46,47)(H2,27,30,31)(H2,41,42,43);;/q;+1;-1/t13?,14-,17-,18-,19+,23-;;/m1../s1. The second-order valence-electron chi connectivity index (χ2n) is 12.5. The number of rotatable bonds is 22. The summed E-state index contributed by atoms with van der Waals surface area (Å²) in [5, 5.41) is 34.6. The Kier molecular flexibility index (Phi) is 19.3. The Balaban J connectivity index is 0.00000841. The molecule has 26 nitrogen and oxygen atoms in total. The fourth-order valence-corrected chi connectivity index (χ4v) is 8.53. The number of aliphatic hydroxyl groups excluding tert-OH is 2. The molecule has 0 spiro atoms. The molecule has 1 aliphatic heterocycles. The number of phosphoric ester groups is 3. The third-order valence-corrected chi connectivity index (χ3v) is 11.8. The molecule has 318 valence electrons. The minimum atomic E-state index is -5.59. The first-order valence-corrected chi connectivity index (χ1v) is 21.7. The van der Waals surface area contributed by atoms with E-state index < -0.39 is 102 Å². The number of aliphatic carboxylic acids is 1. The minimum Gasteiger partial charge on any atom is -1.00 e. The summed E-state index contributed by atoms with van der Waals surface area (Å²) in [7, 11) is -16.5. The van der Waals surface area contributed by atoms with Crippen molar-refractivity contribution in [2.24, 2.45) is 11.3 Å². The molecule has 0 bridgehead atoms. The van der Waals surface area contributed by atoms with E-state index in [0.717, 1.165) is 29.0 Å². The Bertz CT molecular complexity index is 1900. The summed E-state index contributed by atoms with van der Waals surface area (Å²) in [6, 6.07) is 0. The molecule has 1 aliphatic rings. The van der Waals surface area contributed by atoms with Crippen molar-refractivity contribution in [3.8, 4) is 0 Å². The summed E-state index contributed by atoms with van der Waals surface area (Å²) in [6.07, 6.45) is -7.01. The van der Waals surface area contributed by atoms with E-state index in [4.69, 9.17) is 24.6 Å². The molecule has 3 heterocycles. The molecule has 0 saturated carbocycles. The molecule has 31 heteroatoms. The van der Waals surface area contributed by atoms with Crippen LogP contribution in [-0.2, 0) is 55.5 Å². The van der Waals surface area contributed by atoms with Crippen LogP contribution in [0.15, 0.2) is 12.7 Å². The monoisotopic (exact) mass is 905 g/mol. The number of aromatic nitrogens is 4. The Hall–Kier alpha value is -1.97. The quantitative estimate of drug-likeness (QED) is 0.0232. The van der Waals surface area contributed by atoms with Gasteiger partial charge in [-0.15, -0.1) is 0 Å². The van der Waals surface area contributed by atoms with Gasteiger partial charge in [-0.3, -0.25) is 37.3 Å². The zero-order valence-electron chi connectivity index (χ0n) is 31.7. The summed E-state index contributed by atoms with van der Waals surface area (Å²) in [5.41, 5.74) is 4.19. The molecular formula is C26H43N7NaO19P3S. The van der Waals surface area contributed by atoms with Gasteiger partial charge in [-0.1, -0.05) is 32.5 Å². The van der Waals surface area contributed by atoms with E-state index in [2.05, 4.69) is 34.4 Å². The van der Waals surface area contributed by atoms with Crippen molar-refractivity contribution >= 4 is 75.1 Å². The first kappa shape index (κ1) is 51.2. The van der Waals surface area contributed by atoms with Crippen molar-refractivity contribution in [1.29, 1.82) is 0 Å². The van der Waals surface area contributed by atoms with Gasteiger partial charge in [0.25, 0.3) is 0 Å². The molecule has 0 aromatic carbocycles. The molecule has 2 aromatic rings. The Morgan fingerprint density at radius 1 is 1.07 bits per heavy atom. The molecular weight excluding hydrogens is 862 g/mol. The van der Waals surface area contributed by atoms with Gasteiger partial charge >= 0.3 is 59.0 Å². The summed E-state index contributed by atoms with van der Waals surface area (Å²) in [4.78, 5) is 98.4. The van der Waals surface area contributed by atoms with E-state index in [9.17, 15) is 62.7 Å². The summed E-state index contributed by atoms with van der Waals surface area (Å²) < 4.78 is 61.9. The number of fused-ring (bicyclic) bond motifs is 1. The topological polar surface area (TPSA) is 401 Å². The SMILES string of the molecule is CCC(C(=O)O)C(=O)SCCNC(=O)CCNC(=O)[C@H](O)C(C)(C)COP(=O)(O)OP(=O)(O)OC[C@H]1O[C@@H](n2cnc3c(N)ncnc32)[C@H](O)[C@@H]1OP(=O)(O)O.[H-].[Na+]. The van der Waals surface area contributed by atoms with E-state index in [-0.39, 0.29) is 79.6 Å². The van der Waals surface area contributed by atoms with E-state index >= 15 is 0 Å². The number of carbonyl (C=O) groups excluding carboxylic acids is 3. The second-order valence-corrected chi connectivity index (χ2v) is 17.9. The van der Waals surface area contributed by atoms with Crippen LogP contribution in [0.25, 0.3) is 11.2 Å². The third-order valence-electron chi connectivity index (χ3n) is 7.74. The first-order valence-electron chi connectivity index (χ1n) is 16.2. The third kappa shape index (κ3) is 15.2. The molecule has 2 amide bonds. The molecule has 3 unspecified atom stereocenters. The van der Waals surface area contributed by atoms with Gasteiger partial charge in [0.1, 0.15) is 42.2 Å². The van der Waals surface area contributed by atoms with Crippen LogP contribution >= 0.6 is 35.2 Å². The van der Waals surface area contributed by atoms with Crippen LogP contribution in [0.3, 0.4) is 0 Å². The number of nitrogens with zero attached hydrogens (tertiary/aromatic N) is 4. The number of nitrogen functional groups attached to an aromatic ring is 1. The number of anilines is 1. The number of hydrogen-bond acceptors (Lipinski definition) is 19. The van der Waals surface area contributed by atoms with Gasteiger partial charge in [0, 0.05) is 30.7 Å². The number of ether oxygens (including phenoxy) is 1. The second kappa shape index (κ2) is 21.5. The van der Waals surface area contributed by atoms with Crippen molar-refractivity contribution in [1.82, 2.24) is 30.2 Å². The molecule has 1 fully saturated rings. The fraction of sp³-hybridized carbons (Fsp3) is 0.654. The average molecular weight is 906 g/mol. The van der Waals surface area contributed by atoms with E-state index in [0.29, 0.717) is 0 Å². The maximum absolute atomic E-state index is 12.7. The van der Waals surface area contributed by atoms with Crippen LogP contribution in [0.2, 0.25) is 0 Å². The number of amides is 2. The number of thioether (sulfide) groups is 1. The maximum atomic E-state index is 12.7. The number of carboxylic acid groups (broad SMARTS) is 1. The van der Waals surface area contributed by atoms with Crippen molar-refractivity contribution in [3.63, 3.8) is 0 Å². The van der Waals surface area contributed by atoms with Crippen molar-refractivity contribution in [2.75, 3.05) is 37.8 Å². The van der Waals surface area contributed by atoms with Gasteiger partial charge in [0.2, 0.25) is 16.9 Å². The van der Waals surface area contributed by atoms with Crippen LogP contribution in [0, 0.1) is 11.3 Å². The molecule has 0 aliphatic carbocycles. The number of nitrogens with one attached hydrogen (secondary N) is 2. The van der Waals surface area contributed by atoms with E-state index in [1.54, 1.807) is 6.92 Å². The van der Waals surface area contributed by atoms with E-state index in [1.807, 2.05) is 0 Å². The minimum absolute atomic E-state index is 0. The molecule has 1 saturated heterocycles. The predicted molar refractivity (Wildman–Crippen MR) is 190 cm³/mol. The number of carboxylic acids is 1. The normalized spacial score (nSPS) is 21.8. The van der Waals surface area contributed by atoms with Crippen LogP contribution in [0.5, 0.6) is 0 Å². The largest absolute Gasteiger partial charge is 1.00 e. The Morgan fingerprint density at radius 3 is 2.33 bits per heavy atom. The average Bonchev–Trinajstić information content (AvgIpc) is 3.64. The number of imidazole rings is 1. The number of aliphatic hydroxyl groups is 2. The van der Waals surface area contributed by atoms with Gasteiger partial charge in [0.15, 0.2) is 17.7 Å². The van der Waals surface area contributed by atoms with Crippen LogP contribution < -0.4 is 45.9 Å². The first-order chi connectivity index (χ1) is 25.9. The van der Waals surface area contributed by atoms with Gasteiger partial charge in [-0.2, -0.15) is 4.31 Å². The number of hydrogen-bond donors (Lipinski definition) is 10. The van der Waals surface area contributed by atoms with Gasteiger partial charge in [-0.05, 0) is 6.42 Å². The Labute approximate surface area is 351 Å². The smallest absolute Gasteiger partial charge is 1.00 e. The summed E-state index contributed by atoms with van der Waals surface area (Å²) >= 11 is 0.750. The van der Waals surface area contributed by atoms with Crippen molar-refractivity contribution < 1.29 is 121 Å². The summed E-state index contributed by atoms with van der Waals surface area (Å²) in [5.74, 6) is -3.92. The molecule has 11 N–H and O–H groups in total. The molecule has 8 atom stereocenters. The van der Waals surface area contributed by atoms with Gasteiger partial charge in [0.05, 0.1) is 19.5 Å². The molecule has 2 aromatic heterocycles. The zero-order valence-corrected chi connectivity index (χ0v) is 36.2. The Morgan fingerprint density at radius 2 is 1.72 bits per heavy atom. The number of carbonyl (C=O) groups is 4. The van der Waals surface area contributed by atoms with Crippen LogP contribution in [0.1, 0.15) is 41.3 Å². The van der Waals surface area contributed by atoms with Crippen LogP contribution in [0.4, 0.5) is 5.82 Å². The maximum Gasteiger partial charge on any atom is 1.00 e. The molecule has 3 rings (SSSR count). The van der Waals surface area contributed by atoms with Gasteiger partial charge < -0.3 is 57.4 Å². The molecule has 57 heavy (non-hydrogen) atoms. The van der Waals surface area contributed by atoms with Crippen molar-refractivity contribution in [3.05, 3.63) is 12.7 Å². The van der Waals surface area contributed by atoms with Gasteiger partial charge in [-0.25, -0.2) is 28.6 Å². The number of phosphoric acid groups is 3.